The fourth-order valence-electron chi connectivity index (χ4n) is 2.63. The lowest BCUT2D eigenvalue weighted by molar-refractivity contribution is 0.145. The first-order valence-electron chi connectivity index (χ1n) is 7.52. The molecule has 2 atom stereocenters. The van der Waals surface area contributed by atoms with Gasteiger partial charge in [-0.25, -0.2) is 0 Å². The number of aliphatic hydroxyl groups is 1. The predicted molar refractivity (Wildman–Crippen MR) is 84.9 cm³/mol. The second-order valence-corrected chi connectivity index (χ2v) is 5.58. The third-order valence-electron chi connectivity index (χ3n) is 3.84. The molecule has 0 aliphatic rings. The van der Waals surface area contributed by atoms with Crippen molar-refractivity contribution in [1.29, 1.82) is 0 Å². The van der Waals surface area contributed by atoms with E-state index in [0.29, 0.717) is 5.92 Å². The maximum absolute atomic E-state index is 10.2. The highest BCUT2D eigenvalue weighted by Crippen LogP contribution is 2.22. The van der Waals surface area contributed by atoms with E-state index < -0.39 is 0 Å². The van der Waals surface area contributed by atoms with E-state index in [1.807, 2.05) is 12.1 Å². The molecule has 2 aromatic carbocycles. The molecule has 1 heteroatoms. The molecule has 0 heterocycles. The standard InChI is InChI=1S/C19H24O/c1-16(18-12-6-3-7-13-18)15-19(20)14-8-11-17-9-4-2-5-10-17/h2-7,9-10,12-13,16,19-20H,8,11,14-15H2,1H3. The second-order valence-electron chi connectivity index (χ2n) is 5.58. The minimum Gasteiger partial charge on any atom is -0.393 e. The summed E-state index contributed by atoms with van der Waals surface area (Å²) in [5.41, 5.74) is 2.67. The van der Waals surface area contributed by atoms with Gasteiger partial charge in [0.1, 0.15) is 0 Å². The Morgan fingerprint density at radius 3 is 2.15 bits per heavy atom. The first-order chi connectivity index (χ1) is 9.75. The van der Waals surface area contributed by atoms with Crippen molar-refractivity contribution in [3.63, 3.8) is 0 Å². The molecule has 0 bridgehead atoms. The van der Waals surface area contributed by atoms with Crippen LogP contribution in [-0.4, -0.2) is 11.2 Å². The maximum Gasteiger partial charge on any atom is 0.0546 e. The highest BCUT2D eigenvalue weighted by atomic mass is 16.3. The van der Waals surface area contributed by atoms with Crippen LogP contribution in [-0.2, 0) is 6.42 Å². The summed E-state index contributed by atoms with van der Waals surface area (Å²) in [6, 6.07) is 20.9. The Morgan fingerprint density at radius 1 is 0.900 bits per heavy atom. The Kier molecular flexibility index (Phi) is 5.82. The van der Waals surface area contributed by atoms with Crippen molar-refractivity contribution < 1.29 is 5.11 Å². The van der Waals surface area contributed by atoms with Crippen molar-refractivity contribution in [3.8, 4) is 0 Å². The fourth-order valence-corrected chi connectivity index (χ4v) is 2.63. The lowest BCUT2D eigenvalue weighted by atomic mass is 9.93. The van der Waals surface area contributed by atoms with E-state index in [1.165, 1.54) is 11.1 Å². The first kappa shape index (κ1) is 14.8. The lowest BCUT2D eigenvalue weighted by Crippen LogP contribution is -2.11. The summed E-state index contributed by atoms with van der Waals surface area (Å²) in [5, 5.41) is 10.2. The Morgan fingerprint density at radius 2 is 1.50 bits per heavy atom. The molecule has 0 aromatic heterocycles. The summed E-state index contributed by atoms with van der Waals surface area (Å²) in [6.45, 7) is 2.19. The van der Waals surface area contributed by atoms with Crippen LogP contribution < -0.4 is 0 Å². The van der Waals surface area contributed by atoms with Crippen LogP contribution in [0.2, 0.25) is 0 Å². The Bertz CT molecular complexity index is 478. The van der Waals surface area contributed by atoms with Crippen molar-refractivity contribution in [2.24, 2.45) is 0 Å². The summed E-state index contributed by atoms with van der Waals surface area (Å²) in [7, 11) is 0. The average molecular weight is 268 g/mol. The summed E-state index contributed by atoms with van der Waals surface area (Å²) in [6.07, 6.45) is 3.63. The molecular weight excluding hydrogens is 244 g/mol. The van der Waals surface area contributed by atoms with Crippen molar-refractivity contribution in [3.05, 3.63) is 71.8 Å². The van der Waals surface area contributed by atoms with E-state index in [4.69, 9.17) is 0 Å². The second kappa shape index (κ2) is 7.86. The monoisotopic (exact) mass is 268 g/mol. The van der Waals surface area contributed by atoms with Gasteiger partial charge in [-0.15, -0.1) is 0 Å². The van der Waals surface area contributed by atoms with E-state index >= 15 is 0 Å². The van der Waals surface area contributed by atoms with Crippen LogP contribution in [0.15, 0.2) is 60.7 Å². The van der Waals surface area contributed by atoms with Crippen LogP contribution in [0.5, 0.6) is 0 Å². The third-order valence-corrected chi connectivity index (χ3v) is 3.84. The zero-order valence-corrected chi connectivity index (χ0v) is 12.2. The molecule has 1 nitrogen and oxygen atoms in total. The van der Waals surface area contributed by atoms with Gasteiger partial charge in [-0.1, -0.05) is 67.6 Å². The largest absolute Gasteiger partial charge is 0.393 e. The molecule has 0 saturated carbocycles. The molecule has 2 rings (SSSR count). The zero-order chi connectivity index (χ0) is 14.2. The molecule has 0 aliphatic heterocycles. The van der Waals surface area contributed by atoms with Crippen molar-refractivity contribution in [1.82, 2.24) is 0 Å². The minimum absolute atomic E-state index is 0.200. The summed E-state index contributed by atoms with van der Waals surface area (Å²) in [5.74, 6) is 0.419. The molecule has 1 N–H and O–H groups in total. The van der Waals surface area contributed by atoms with Crippen molar-refractivity contribution >= 4 is 0 Å². The molecule has 0 saturated heterocycles. The van der Waals surface area contributed by atoms with Gasteiger partial charge >= 0.3 is 0 Å². The minimum atomic E-state index is -0.200. The number of hydrogen-bond donors (Lipinski definition) is 1. The Labute approximate surface area is 122 Å². The average Bonchev–Trinajstić information content (AvgIpc) is 2.49. The van der Waals surface area contributed by atoms with Crippen LogP contribution in [0.3, 0.4) is 0 Å². The molecular formula is C19H24O. The summed E-state index contributed by atoms with van der Waals surface area (Å²) in [4.78, 5) is 0. The summed E-state index contributed by atoms with van der Waals surface area (Å²) >= 11 is 0. The van der Waals surface area contributed by atoms with Crippen LogP contribution >= 0.6 is 0 Å². The number of rotatable bonds is 7. The zero-order valence-electron chi connectivity index (χ0n) is 12.2. The number of benzene rings is 2. The number of aliphatic hydroxyl groups excluding tert-OH is 1. The molecule has 2 aromatic rings. The smallest absolute Gasteiger partial charge is 0.0546 e. The molecule has 0 aliphatic carbocycles. The molecule has 106 valence electrons. The van der Waals surface area contributed by atoms with Crippen molar-refractivity contribution in [2.45, 2.75) is 44.6 Å². The maximum atomic E-state index is 10.2. The highest BCUT2D eigenvalue weighted by Gasteiger charge is 2.11. The Hall–Kier alpha value is -1.60. The van der Waals surface area contributed by atoms with Gasteiger partial charge in [0.2, 0.25) is 0 Å². The molecule has 0 fully saturated rings. The summed E-state index contributed by atoms with van der Waals surface area (Å²) < 4.78 is 0. The molecule has 0 radical (unpaired) electrons. The van der Waals surface area contributed by atoms with E-state index in [0.717, 1.165) is 25.7 Å². The van der Waals surface area contributed by atoms with E-state index in [-0.39, 0.29) is 6.10 Å². The van der Waals surface area contributed by atoms with Gasteiger partial charge in [-0.05, 0) is 42.7 Å². The fraction of sp³-hybridized carbons (Fsp3) is 0.368. The normalized spacial score (nSPS) is 13.9. The van der Waals surface area contributed by atoms with Gasteiger partial charge in [0.05, 0.1) is 6.10 Å². The van der Waals surface area contributed by atoms with Gasteiger partial charge < -0.3 is 5.11 Å². The molecule has 0 amide bonds. The van der Waals surface area contributed by atoms with Crippen LogP contribution in [0.1, 0.15) is 43.2 Å². The SMILES string of the molecule is CC(CC(O)CCCc1ccccc1)c1ccccc1. The first-order valence-corrected chi connectivity index (χ1v) is 7.52. The van der Waals surface area contributed by atoms with Gasteiger partial charge in [-0.3, -0.25) is 0 Å². The molecule has 20 heavy (non-hydrogen) atoms. The van der Waals surface area contributed by atoms with E-state index in [2.05, 4.69) is 55.5 Å². The van der Waals surface area contributed by atoms with E-state index in [1.54, 1.807) is 0 Å². The number of aryl methyl sites for hydroxylation is 1. The van der Waals surface area contributed by atoms with Gasteiger partial charge in [-0.2, -0.15) is 0 Å². The van der Waals surface area contributed by atoms with E-state index in [9.17, 15) is 5.11 Å². The number of hydrogen-bond acceptors (Lipinski definition) is 1. The lowest BCUT2D eigenvalue weighted by Gasteiger charge is -2.16. The van der Waals surface area contributed by atoms with Crippen LogP contribution in [0, 0.1) is 0 Å². The van der Waals surface area contributed by atoms with Crippen LogP contribution in [0.25, 0.3) is 0 Å². The quantitative estimate of drug-likeness (QED) is 0.780. The van der Waals surface area contributed by atoms with Gasteiger partial charge in [0.25, 0.3) is 0 Å². The van der Waals surface area contributed by atoms with Gasteiger partial charge in [0.15, 0.2) is 0 Å². The highest BCUT2D eigenvalue weighted by molar-refractivity contribution is 5.18. The van der Waals surface area contributed by atoms with Crippen molar-refractivity contribution in [2.75, 3.05) is 0 Å². The van der Waals surface area contributed by atoms with Crippen LogP contribution in [0.4, 0.5) is 0 Å². The molecule has 2 unspecified atom stereocenters. The predicted octanol–water partition coefficient (Wildman–Crippen LogP) is 4.56. The third kappa shape index (κ3) is 4.82. The molecule has 0 spiro atoms. The Balaban J connectivity index is 1.71. The van der Waals surface area contributed by atoms with Gasteiger partial charge in [0, 0.05) is 0 Å². The topological polar surface area (TPSA) is 20.2 Å².